The van der Waals surface area contributed by atoms with E-state index in [1.165, 1.54) is 0 Å². The number of nitrogens with one attached hydrogen (secondary N) is 1. The molecule has 1 saturated heterocycles. The molecule has 10 heteroatoms. The van der Waals surface area contributed by atoms with Gasteiger partial charge in [0.25, 0.3) is 0 Å². The zero-order valence-electron chi connectivity index (χ0n) is 25.9. The molecule has 0 aromatic heterocycles. The number of nitrogens with zero attached hydrogens (tertiary/aromatic N) is 1. The van der Waals surface area contributed by atoms with Gasteiger partial charge in [0, 0.05) is 31.0 Å². The highest BCUT2D eigenvalue weighted by molar-refractivity contribution is 5.70. The third kappa shape index (κ3) is 10.2. The summed E-state index contributed by atoms with van der Waals surface area (Å²) in [5, 5.41) is 55.8. The first-order valence-corrected chi connectivity index (χ1v) is 14.7. The Morgan fingerprint density at radius 3 is 2.31 bits per heavy atom. The van der Waals surface area contributed by atoms with E-state index >= 15 is 0 Å². The van der Waals surface area contributed by atoms with Crippen LogP contribution in [0.4, 0.5) is 0 Å². The van der Waals surface area contributed by atoms with E-state index in [0.29, 0.717) is 25.8 Å². The van der Waals surface area contributed by atoms with Crippen molar-refractivity contribution in [3.05, 3.63) is 0 Å². The molecule has 0 amide bonds. The summed E-state index contributed by atoms with van der Waals surface area (Å²) in [5.74, 6) is -2.34. The molecule has 13 atom stereocenters. The number of hydrogen-bond donors (Lipinski definition) is 6. The fraction of sp³-hybridized carbons (Fsp3) is 0.966. The minimum absolute atomic E-state index is 0.142. The summed E-state index contributed by atoms with van der Waals surface area (Å²) in [6.45, 7) is 15.4. The van der Waals surface area contributed by atoms with E-state index in [1.807, 2.05) is 39.6 Å². The highest BCUT2D eigenvalue weighted by Gasteiger charge is 2.41. The van der Waals surface area contributed by atoms with Crippen LogP contribution in [0.1, 0.15) is 81.1 Å². The first kappa shape index (κ1) is 36.2. The largest absolute Gasteiger partial charge is 0.481 e. The van der Waals surface area contributed by atoms with E-state index in [2.05, 4.69) is 12.2 Å². The molecule has 0 radical (unpaired) electrons. The summed E-state index contributed by atoms with van der Waals surface area (Å²) in [4.78, 5) is 14.0. The Kier molecular flexibility index (Phi) is 14.8. The lowest BCUT2D eigenvalue weighted by Gasteiger charge is -2.41. The zero-order chi connectivity index (χ0) is 30.2. The Morgan fingerprint density at radius 1 is 1.21 bits per heavy atom. The van der Waals surface area contributed by atoms with Crippen LogP contribution in [0.15, 0.2) is 0 Å². The molecule has 0 aliphatic carbocycles. The van der Waals surface area contributed by atoms with Crippen molar-refractivity contribution in [2.75, 3.05) is 20.6 Å². The van der Waals surface area contributed by atoms with E-state index in [-0.39, 0.29) is 23.9 Å². The first-order chi connectivity index (χ1) is 18.0. The quantitative estimate of drug-likeness (QED) is 0.155. The smallest absolute Gasteiger partial charge is 0.308 e. The van der Waals surface area contributed by atoms with Crippen LogP contribution in [-0.4, -0.2) is 112 Å². The number of ether oxygens (including phenoxy) is 2. The van der Waals surface area contributed by atoms with E-state index in [0.717, 1.165) is 6.42 Å². The molecule has 0 aromatic rings. The Balaban J connectivity index is 2.86. The van der Waals surface area contributed by atoms with Gasteiger partial charge in [0.15, 0.2) is 6.29 Å². The van der Waals surface area contributed by atoms with E-state index in [9.17, 15) is 30.3 Å². The molecule has 39 heavy (non-hydrogen) atoms. The third-order valence-corrected chi connectivity index (χ3v) is 8.83. The van der Waals surface area contributed by atoms with Crippen LogP contribution in [0.5, 0.6) is 0 Å². The van der Waals surface area contributed by atoms with Gasteiger partial charge in [-0.2, -0.15) is 0 Å². The summed E-state index contributed by atoms with van der Waals surface area (Å²) >= 11 is 0. The molecular formula is C29H58N2O8. The van der Waals surface area contributed by atoms with Gasteiger partial charge in [-0.3, -0.25) is 4.79 Å². The monoisotopic (exact) mass is 562 g/mol. The molecular weight excluding hydrogens is 504 g/mol. The first-order valence-electron chi connectivity index (χ1n) is 14.7. The van der Waals surface area contributed by atoms with Crippen molar-refractivity contribution in [2.45, 2.75) is 136 Å². The molecule has 0 spiro atoms. The molecule has 0 aromatic carbocycles. The predicted molar refractivity (Wildman–Crippen MR) is 151 cm³/mol. The van der Waals surface area contributed by atoms with Crippen LogP contribution in [0.3, 0.4) is 0 Å². The number of likely N-dealkylation sites (N-methyl/N-ethyl adjacent to an activating group) is 2. The Morgan fingerprint density at radius 2 is 1.79 bits per heavy atom. The number of aliphatic carboxylic acids is 1. The molecule has 1 aliphatic heterocycles. The molecule has 0 bridgehead atoms. The van der Waals surface area contributed by atoms with Gasteiger partial charge in [0.1, 0.15) is 0 Å². The lowest BCUT2D eigenvalue weighted by atomic mass is 9.81. The summed E-state index contributed by atoms with van der Waals surface area (Å²) in [6.07, 6.45) is -2.04. The highest BCUT2D eigenvalue weighted by Crippen LogP contribution is 2.31. The molecule has 1 aliphatic rings. The number of carbonyl (C=O) groups is 1. The molecule has 232 valence electrons. The van der Waals surface area contributed by atoms with Crippen LogP contribution in [0.25, 0.3) is 0 Å². The minimum Gasteiger partial charge on any atom is -0.481 e. The molecule has 1 rings (SSSR count). The highest BCUT2D eigenvalue weighted by atomic mass is 16.7. The molecule has 1 heterocycles. The normalized spacial score (nSPS) is 30.0. The topological polar surface area (TPSA) is 152 Å². The fourth-order valence-electron chi connectivity index (χ4n) is 6.07. The summed E-state index contributed by atoms with van der Waals surface area (Å²) in [7, 11) is 3.68. The van der Waals surface area contributed by atoms with Crippen molar-refractivity contribution in [1.82, 2.24) is 10.2 Å². The molecule has 5 unspecified atom stereocenters. The molecule has 0 saturated carbocycles. The number of carboxylic acid groups (broad SMARTS) is 1. The van der Waals surface area contributed by atoms with Gasteiger partial charge >= 0.3 is 5.97 Å². The van der Waals surface area contributed by atoms with E-state index in [1.54, 1.807) is 27.8 Å². The second kappa shape index (κ2) is 16.0. The summed E-state index contributed by atoms with van der Waals surface area (Å²) in [6, 6.07) is -0.497. The lowest BCUT2D eigenvalue weighted by Crippen LogP contribution is -2.54. The maximum atomic E-state index is 11.9. The standard InChI is InChI=1S/C29H58N2O8/c1-11-12-29(8,37)27(34)20(6)31(10)15-16(2)13-17(3)24(32)18(4)26(19(5)28(35)36)39-23-14-22(30-9)25(33)21(7)38-23/h16-27,30,32-34,37H,11-15H2,1-10H3,(H,35,36)/t16-,17+,18-,19-,20-,21?,22?,23+,24?,25-,26?,27-,29?/m1/s1. The van der Waals surface area contributed by atoms with Crippen LogP contribution >= 0.6 is 0 Å². The second-order valence-electron chi connectivity index (χ2n) is 12.5. The zero-order valence-corrected chi connectivity index (χ0v) is 25.9. The van der Waals surface area contributed by atoms with Gasteiger partial charge in [0.2, 0.25) is 0 Å². The van der Waals surface area contributed by atoms with Crippen LogP contribution in [0, 0.1) is 23.7 Å². The number of aliphatic hydroxyl groups is 4. The van der Waals surface area contributed by atoms with Gasteiger partial charge in [-0.15, -0.1) is 0 Å². The molecule has 10 nitrogen and oxygen atoms in total. The van der Waals surface area contributed by atoms with Crippen LogP contribution in [0.2, 0.25) is 0 Å². The number of hydrogen-bond acceptors (Lipinski definition) is 9. The maximum absolute atomic E-state index is 11.9. The average molecular weight is 563 g/mol. The minimum atomic E-state index is -1.16. The lowest BCUT2D eigenvalue weighted by molar-refractivity contribution is -0.258. The molecule has 1 fully saturated rings. The molecule has 6 N–H and O–H groups in total. The average Bonchev–Trinajstić information content (AvgIpc) is 2.86. The van der Waals surface area contributed by atoms with Crippen molar-refractivity contribution in [2.24, 2.45) is 23.7 Å². The number of aliphatic hydroxyl groups excluding tert-OH is 3. The second-order valence-corrected chi connectivity index (χ2v) is 12.5. The Bertz CT molecular complexity index is 725. The van der Waals surface area contributed by atoms with Crippen molar-refractivity contribution < 1.29 is 39.8 Å². The Labute approximate surface area is 236 Å². The number of carboxylic acids is 1. The van der Waals surface area contributed by atoms with E-state index in [4.69, 9.17) is 9.47 Å². The van der Waals surface area contributed by atoms with Gasteiger partial charge in [-0.1, -0.05) is 34.1 Å². The summed E-state index contributed by atoms with van der Waals surface area (Å²) < 4.78 is 12.0. The third-order valence-electron chi connectivity index (χ3n) is 8.83. The van der Waals surface area contributed by atoms with Crippen molar-refractivity contribution in [3.63, 3.8) is 0 Å². The van der Waals surface area contributed by atoms with Gasteiger partial charge < -0.3 is 45.2 Å². The fourth-order valence-corrected chi connectivity index (χ4v) is 6.07. The Hall–Kier alpha value is -0.850. The van der Waals surface area contributed by atoms with Gasteiger partial charge in [-0.05, 0) is 66.5 Å². The van der Waals surface area contributed by atoms with Crippen molar-refractivity contribution in [3.8, 4) is 0 Å². The SMILES string of the molecule is CCCC(C)(O)[C@H](O)[C@@H](C)N(C)C[C@H](C)C[C@H](C)C(O)[C@@H](C)C(O[C@H]1CC(NC)[C@H](O)C(C)O1)[C@@H](C)C(=O)O. The van der Waals surface area contributed by atoms with Crippen LogP contribution < -0.4 is 5.32 Å². The van der Waals surface area contributed by atoms with E-state index < -0.39 is 60.2 Å². The van der Waals surface area contributed by atoms with Crippen LogP contribution in [-0.2, 0) is 14.3 Å². The number of rotatable bonds is 17. The maximum Gasteiger partial charge on any atom is 0.308 e. The van der Waals surface area contributed by atoms with Gasteiger partial charge in [-0.25, -0.2) is 0 Å². The van der Waals surface area contributed by atoms with Crippen molar-refractivity contribution in [1.29, 1.82) is 0 Å². The van der Waals surface area contributed by atoms with Crippen molar-refractivity contribution >= 4 is 5.97 Å². The van der Waals surface area contributed by atoms with Gasteiger partial charge in [0.05, 0.1) is 42.0 Å². The summed E-state index contributed by atoms with van der Waals surface area (Å²) in [5.41, 5.74) is -1.16. The predicted octanol–water partition coefficient (Wildman–Crippen LogP) is 2.07.